The minimum atomic E-state index is 0.510. The molecule has 0 amide bonds. The third-order valence-corrected chi connectivity index (χ3v) is 3.82. The Morgan fingerprint density at radius 2 is 1.73 bits per heavy atom. The lowest BCUT2D eigenvalue weighted by atomic mass is 10.1. The van der Waals surface area contributed by atoms with Crippen molar-refractivity contribution >= 4 is 11.6 Å². The second kappa shape index (κ2) is 10.2. The molecular weight excluding hydrogens is 272 g/mol. The van der Waals surface area contributed by atoms with Crippen LogP contribution in [0.1, 0.15) is 43.2 Å². The molecule has 1 rings (SSSR count). The molecule has 0 unspecified atom stereocenters. The normalized spacial score (nSPS) is 12.0. The highest BCUT2D eigenvalue weighted by molar-refractivity contribution is 5.92. The summed E-state index contributed by atoms with van der Waals surface area (Å²) >= 11 is 0. The molecule has 1 aromatic rings. The summed E-state index contributed by atoms with van der Waals surface area (Å²) in [5, 5.41) is 3.16. The van der Waals surface area contributed by atoms with E-state index < -0.39 is 0 Å². The number of guanidine groups is 1. The van der Waals surface area contributed by atoms with Crippen molar-refractivity contribution in [1.82, 2.24) is 4.90 Å². The molecule has 1 aromatic carbocycles. The summed E-state index contributed by atoms with van der Waals surface area (Å²) in [6, 6.07) is 6.23. The zero-order valence-electron chi connectivity index (χ0n) is 14.7. The fourth-order valence-electron chi connectivity index (χ4n) is 2.28. The number of anilines is 1. The van der Waals surface area contributed by atoms with Crippen LogP contribution >= 0.6 is 0 Å². The van der Waals surface area contributed by atoms with Crippen LogP contribution in [0.3, 0.4) is 0 Å². The largest absolute Gasteiger partial charge is 0.370 e. The van der Waals surface area contributed by atoms with Crippen molar-refractivity contribution in [3.63, 3.8) is 0 Å². The Bertz CT molecular complexity index is 466. The SMILES string of the molecule is Cc1ccc(NC(N)=NCCCCCCCN(C)C)cc1C. The molecule has 0 heterocycles. The van der Waals surface area contributed by atoms with Gasteiger partial charge in [-0.2, -0.15) is 0 Å². The van der Waals surface area contributed by atoms with Crippen molar-refractivity contribution in [2.45, 2.75) is 46.0 Å². The first-order valence-electron chi connectivity index (χ1n) is 8.28. The lowest BCUT2D eigenvalue weighted by molar-refractivity contribution is 0.390. The number of nitrogens with one attached hydrogen (secondary N) is 1. The number of aryl methyl sites for hydroxylation is 2. The molecule has 0 radical (unpaired) electrons. The fraction of sp³-hybridized carbons (Fsp3) is 0.611. The van der Waals surface area contributed by atoms with Crippen LogP contribution < -0.4 is 11.1 Å². The molecule has 22 heavy (non-hydrogen) atoms. The third kappa shape index (κ3) is 8.03. The molecule has 0 fully saturated rings. The van der Waals surface area contributed by atoms with Gasteiger partial charge in [0.05, 0.1) is 0 Å². The maximum absolute atomic E-state index is 5.92. The summed E-state index contributed by atoms with van der Waals surface area (Å²) < 4.78 is 0. The molecule has 0 aliphatic rings. The van der Waals surface area contributed by atoms with Crippen LogP contribution in [0.25, 0.3) is 0 Å². The number of benzene rings is 1. The fourth-order valence-corrected chi connectivity index (χ4v) is 2.28. The van der Waals surface area contributed by atoms with Crippen molar-refractivity contribution in [2.24, 2.45) is 10.7 Å². The molecule has 0 aliphatic heterocycles. The summed E-state index contributed by atoms with van der Waals surface area (Å²) in [6.45, 7) is 6.20. The lowest BCUT2D eigenvalue weighted by Gasteiger charge is -2.09. The smallest absolute Gasteiger partial charge is 0.193 e. The molecular formula is C18H32N4. The standard InChI is InChI=1S/C18H32N4/c1-15-10-11-17(14-16(15)2)21-18(19)20-12-8-6-5-7-9-13-22(3)4/h10-11,14H,5-9,12-13H2,1-4H3,(H3,19,20,21). The molecule has 0 aliphatic carbocycles. The molecule has 0 aromatic heterocycles. The third-order valence-electron chi connectivity index (χ3n) is 3.82. The van der Waals surface area contributed by atoms with Crippen LogP contribution in [-0.4, -0.2) is 38.0 Å². The van der Waals surface area contributed by atoms with Gasteiger partial charge in [0.15, 0.2) is 5.96 Å². The molecule has 4 heteroatoms. The number of aliphatic imine (C=N–C) groups is 1. The first kappa shape index (κ1) is 18.5. The van der Waals surface area contributed by atoms with Gasteiger partial charge < -0.3 is 16.0 Å². The second-order valence-corrected chi connectivity index (χ2v) is 6.26. The maximum Gasteiger partial charge on any atom is 0.193 e. The number of hydrogen-bond donors (Lipinski definition) is 2. The van der Waals surface area contributed by atoms with Crippen LogP contribution in [0.2, 0.25) is 0 Å². The van der Waals surface area contributed by atoms with E-state index in [1.165, 1.54) is 43.4 Å². The highest BCUT2D eigenvalue weighted by Crippen LogP contribution is 2.13. The van der Waals surface area contributed by atoms with E-state index >= 15 is 0 Å². The number of nitrogens with two attached hydrogens (primary N) is 1. The first-order valence-corrected chi connectivity index (χ1v) is 8.28. The van der Waals surface area contributed by atoms with E-state index in [4.69, 9.17) is 5.73 Å². The molecule has 0 saturated heterocycles. The van der Waals surface area contributed by atoms with E-state index in [1.807, 2.05) is 6.07 Å². The summed E-state index contributed by atoms with van der Waals surface area (Å²) in [5.41, 5.74) is 9.48. The molecule has 0 atom stereocenters. The van der Waals surface area contributed by atoms with Gasteiger partial charge in [0.2, 0.25) is 0 Å². The van der Waals surface area contributed by atoms with Gasteiger partial charge in [-0.15, -0.1) is 0 Å². The van der Waals surface area contributed by atoms with Gasteiger partial charge in [-0.05, 0) is 70.6 Å². The van der Waals surface area contributed by atoms with E-state index in [2.05, 4.69) is 55.3 Å². The Balaban J connectivity index is 2.16. The molecule has 3 N–H and O–H groups in total. The highest BCUT2D eigenvalue weighted by atomic mass is 15.1. The van der Waals surface area contributed by atoms with Crippen LogP contribution in [-0.2, 0) is 0 Å². The van der Waals surface area contributed by atoms with Crippen molar-refractivity contribution in [3.8, 4) is 0 Å². The zero-order chi connectivity index (χ0) is 16.4. The van der Waals surface area contributed by atoms with Gasteiger partial charge >= 0.3 is 0 Å². The van der Waals surface area contributed by atoms with Gasteiger partial charge in [0.25, 0.3) is 0 Å². The van der Waals surface area contributed by atoms with E-state index in [0.717, 1.165) is 18.7 Å². The van der Waals surface area contributed by atoms with E-state index in [1.54, 1.807) is 0 Å². The average molecular weight is 304 g/mol. The topological polar surface area (TPSA) is 53.6 Å². The molecule has 0 bridgehead atoms. The van der Waals surface area contributed by atoms with Gasteiger partial charge in [-0.1, -0.05) is 25.3 Å². The van der Waals surface area contributed by atoms with E-state index in [0.29, 0.717) is 5.96 Å². The molecule has 4 nitrogen and oxygen atoms in total. The number of hydrogen-bond acceptors (Lipinski definition) is 2. The zero-order valence-corrected chi connectivity index (χ0v) is 14.7. The van der Waals surface area contributed by atoms with Crippen LogP contribution in [0.4, 0.5) is 5.69 Å². The monoisotopic (exact) mass is 304 g/mol. The van der Waals surface area contributed by atoms with Gasteiger partial charge in [-0.25, -0.2) is 0 Å². The Hall–Kier alpha value is -1.55. The highest BCUT2D eigenvalue weighted by Gasteiger charge is 1.98. The number of unbranched alkanes of at least 4 members (excludes halogenated alkanes) is 4. The molecule has 0 spiro atoms. The Labute approximate surface area is 135 Å². The first-order chi connectivity index (χ1) is 10.5. The van der Waals surface area contributed by atoms with Crippen molar-refractivity contribution < 1.29 is 0 Å². The summed E-state index contributed by atoms with van der Waals surface area (Å²) in [7, 11) is 4.25. The lowest BCUT2D eigenvalue weighted by Crippen LogP contribution is -2.22. The predicted octanol–water partition coefficient (Wildman–Crippen LogP) is 3.54. The maximum atomic E-state index is 5.92. The minimum absolute atomic E-state index is 0.510. The van der Waals surface area contributed by atoms with E-state index in [-0.39, 0.29) is 0 Å². The summed E-state index contributed by atoms with van der Waals surface area (Å²) in [6.07, 6.45) is 6.21. The van der Waals surface area contributed by atoms with Gasteiger partial charge in [0.1, 0.15) is 0 Å². The van der Waals surface area contributed by atoms with Crippen molar-refractivity contribution in [2.75, 3.05) is 32.5 Å². The Kier molecular flexibility index (Phi) is 8.60. The van der Waals surface area contributed by atoms with Gasteiger partial charge in [-0.3, -0.25) is 4.99 Å². The quantitative estimate of drug-likeness (QED) is 0.417. The van der Waals surface area contributed by atoms with Crippen molar-refractivity contribution in [3.05, 3.63) is 29.3 Å². The Morgan fingerprint density at radius 1 is 1.05 bits per heavy atom. The van der Waals surface area contributed by atoms with Gasteiger partial charge in [0, 0.05) is 12.2 Å². The molecule has 124 valence electrons. The van der Waals surface area contributed by atoms with E-state index in [9.17, 15) is 0 Å². The summed E-state index contributed by atoms with van der Waals surface area (Å²) in [5.74, 6) is 0.510. The number of rotatable bonds is 9. The summed E-state index contributed by atoms with van der Waals surface area (Å²) in [4.78, 5) is 6.63. The van der Waals surface area contributed by atoms with Crippen LogP contribution in [0.5, 0.6) is 0 Å². The minimum Gasteiger partial charge on any atom is -0.370 e. The number of nitrogens with zero attached hydrogens (tertiary/aromatic N) is 2. The average Bonchev–Trinajstić information content (AvgIpc) is 2.45. The second-order valence-electron chi connectivity index (χ2n) is 6.26. The van der Waals surface area contributed by atoms with Crippen molar-refractivity contribution in [1.29, 1.82) is 0 Å². The van der Waals surface area contributed by atoms with Crippen LogP contribution in [0, 0.1) is 13.8 Å². The van der Waals surface area contributed by atoms with Crippen LogP contribution in [0.15, 0.2) is 23.2 Å². The molecule has 0 saturated carbocycles. The predicted molar refractivity (Wildman–Crippen MR) is 97.7 cm³/mol. The Morgan fingerprint density at radius 3 is 2.41 bits per heavy atom.